The zero-order chi connectivity index (χ0) is 22.6. The lowest BCUT2D eigenvalue weighted by atomic mass is 9.98. The number of sulfonamides is 1. The normalized spacial score (nSPS) is 17.2. The second-order valence-electron chi connectivity index (χ2n) is 7.44. The molecule has 0 aliphatic carbocycles. The number of amides is 2. The van der Waals surface area contributed by atoms with Gasteiger partial charge in [-0.05, 0) is 54.8 Å². The molecule has 1 fully saturated rings. The van der Waals surface area contributed by atoms with E-state index in [2.05, 4.69) is 10.6 Å². The molecule has 0 radical (unpaired) electrons. The van der Waals surface area contributed by atoms with Crippen molar-refractivity contribution in [3.8, 4) is 0 Å². The average Bonchev–Trinajstić information content (AvgIpc) is 2.71. The second kappa shape index (κ2) is 9.99. The maximum atomic E-state index is 12.9. The Morgan fingerprint density at radius 1 is 1.06 bits per heavy atom. The summed E-state index contributed by atoms with van der Waals surface area (Å²) in [6, 6.07) is 11.4. The van der Waals surface area contributed by atoms with Gasteiger partial charge < -0.3 is 10.6 Å². The molecule has 1 aliphatic rings. The van der Waals surface area contributed by atoms with E-state index in [4.69, 9.17) is 23.2 Å². The minimum absolute atomic E-state index is 0.114. The zero-order valence-corrected chi connectivity index (χ0v) is 19.2. The van der Waals surface area contributed by atoms with Crippen molar-refractivity contribution < 1.29 is 18.0 Å². The number of nitrogens with zero attached hydrogens (tertiary/aromatic N) is 1. The molecule has 0 bridgehead atoms. The van der Waals surface area contributed by atoms with Gasteiger partial charge in [0.25, 0.3) is 0 Å². The monoisotopic (exact) mass is 483 g/mol. The maximum Gasteiger partial charge on any atom is 0.228 e. The largest absolute Gasteiger partial charge is 0.326 e. The smallest absolute Gasteiger partial charge is 0.228 e. The van der Waals surface area contributed by atoms with Crippen LogP contribution in [-0.4, -0.2) is 37.6 Å². The van der Waals surface area contributed by atoms with Gasteiger partial charge in [-0.25, -0.2) is 12.7 Å². The lowest BCUT2D eigenvalue weighted by molar-refractivity contribution is -0.121. The number of carbonyl (C=O) groups is 2. The Kier molecular flexibility index (Phi) is 7.59. The highest BCUT2D eigenvalue weighted by Gasteiger charge is 2.32. The van der Waals surface area contributed by atoms with Gasteiger partial charge in [-0.2, -0.15) is 0 Å². The first-order chi connectivity index (χ1) is 14.6. The molecule has 7 nitrogen and oxygen atoms in total. The van der Waals surface area contributed by atoms with E-state index in [1.54, 1.807) is 36.4 Å². The van der Waals surface area contributed by atoms with Gasteiger partial charge in [0.2, 0.25) is 21.8 Å². The van der Waals surface area contributed by atoms with Crippen molar-refractivity contribution in [2.24, 2.45) is 5.92 Å². The van der Waals surface area contributed by atoms with Gasteiger partial charge in [0.05, 0.1) is 11.7 Å². The molecule has 31 heavy (non-hydrogen) atoms. The van der Waals surface area contributed by atoms with Crippen LogP contribution >= 0.6 is 23.2 Å². The molecule has 1 atom stereocenters. The Balaban J connectivity index is 1.63. The van der Waals surface area contributed by atoms with Gasteiger partial charge in [0, 0.05) is 41.4 Å². The molecule has 10 heteroatoms. The van der Waals surface area contributed by atoms with Crippen molar-refractivity contribution in [2.45, 2.75) is 25.5 Å². The molecule has 1 saturated heterocycles. The van der Waals surface area contributed by atoms with E-state index in [1.807, 2.05) is 0 Å². The van der Waals surface area contributed by atoms with E-state index < -0.39 is 15.9 Å². The van der Waals surface area contributed by atoms with Crippen molar-refractivity contribution in [2.75, 3.05) is 23.7 Å². The standard InChI is InChI=1S/C21H23Cl2N3O4S/c1-14(27)24-18-6-8-19(9-7-18)25-21(28)15-3-2-10-26(12-15)31(29,30)13-16-4-5-17(22)11-20(16)23/h4-9,11,15H,2-3,10,12-13H2,1H3,(H,24,27)(H,25,28). The number of carbonyl (C=O) groups excluding carboxylic acids is 2. The van der Waals surface area contributed by atoms with Gasteiger partial charge in [0.15, 0.2) is 0 Å². The van der Waals surface area contributed by atoms with Crippen LogP contribution in [-0.2, 0) is 25.4 Å². The van der Waals surface area contributed by atoms with Crippen molar-refractivity contribution in [1.29, 1.82) is 0 Å². The summed E-state index contributed by atoms with van der Waals surface area (Å²) in [5, 5.41) is 6.21. The van der Waals surface area contributed by atoms with Crippen LogP contribution < -0.4 is 10.6 Å². The molecular weight excluding hydrogens is 461 g/mol. The van der Waals surface area contributed by atoms with Crippen molar-refractivity contribution >= 4 is 56.4 Å². The Morgan fingerprint density at radius 3 is 2.32 bits per heavy atom. The van der Waals surface area contributed by atoms with Gasteiger partial charge in [-0.3, -0.25) is 9.59 Å². The Morgan fingerprint density at radius 2 is 1.71 bits per heavy atom. The number of halogens is 2. The first-order valence-corrected chi connectivity index (χ1v) is 12.1. The molecule has 1 aliphatic heterocycles. The van der Waals surface area contributed by atoms with Crippen LogP contribution in [0.4, 0.5) is 11.4 Å². The minimum Gasteiger partial charge on any atom is -0.326 e. The molecule has 0 spiro atoms. The third-order valence-electron chi connectivity index (χ3n) is 4.97. The summed E-state index contributed by atoms with van der Waals surface area (Å²) in [5.41, 5.74) is 1.67. The van der Waals surface area contributed by atoms with Crippen LogP contribution in [0.1, 0.15) is 25.3 Å². The summed E-state index contributed by atoms with van der Waals surface area (Å²) in [5.74, 6) is -1.13. The highest BCUT2D eigenvalue weighted by Crippen LogP contribution is 2.27. The summed E-state index contributed by atoms with van der Waals surface area (Å²) in [6.07, 6.45) is 1.19. The third kappa shape index (κ3) is 6.43. The zero-order valence-electron chi connectivity index (χ0n) is 16.9. The molecule has 0 saturated carbocycles. The molecule has 1 unspecified atom stereocenters. The maximum absolute atomic E-state index is 12.9. The third-order valence-corrected chi connectivity index (χ3v) is 7.36. The number of hydrogen-bond acceptors (Lipinski definition) is 4. The Labute approximate surface area is 191 Å². The molecule has 0 aromatic heterocycles. The minimum atomic E-state index is -3.64. The van der Waals surface area contributed by atoms with Crippen molar-refractivity contribution in [3.05, 3.63) is 58.1 Å². The fraction of sp³-hybridized carbons (Fsp3) is 0.333. The number of rotatable bonds is 6. The number of piperidine rings is 1. The fourth-order valence-corrected chi connectivity index (χ4v) is 5.62. The lowest BCUT2D eigenvalue weighted by Gasteiger charge is -2.31. The predicted octanol–water partition coefficient (Wildman–Crippen LogP) is 4.13. The number of nitrogens with one attached hydrogen (secondary N) is 2. The van der Waals surface area contributed by atoms with Gasteiger partial charge in [0.1, 0.15) is 0 Å². The summed E-state index contributed by atoms with van der Waals surface area (Å²) in [4.78, 5) is 23.8. The van der Waals surface area contributed by atoms with Crippen LogP contribution in [0.15, 0.2) is 42.5 Å². The molecule has 2 aromatic rings. The van der Waals surface area contributed by atoms with Crippen LogP contribution in [0.25, 0.3) is 0 Å². The summed E-state index contributed by atoms with van der Waals surface area (Å²) in [7, 11) is -3.64. The van der Waals surface area contributed by atoms with Crippen molar-refractivity contribution in [3.63, 3.8) is 0 Å². The van der Waals surface area contributed by atoms with E-state index in [9.17, 15) is 18.0 Å². The van der Waals surface area contributed by atoms with Crippen LogP contribution in [0.3, 0.4) is 0 Å². The molecule has 166 valence electrons. The lowest BCUT2D eigenvalue weighted by Crippen LogP contribution is -2.44. The molecule has 2 amide bonds. The SMILES string of the molecule is CC(=O)Nc1ccc(NC(=O)C2CCCN(S(=O)(=O)Cc3ccc(Cl)cc3Cl)C2)cc1. The van der Waals surface area contributed by atoms with E-state index in [-0.39, 0.29) is 24.1 Å². The Bertz CT molecular complexity index is 1070. The molecule has 2 N–H and O–H groups in total. The van der Waals surface area contributed by atoms with E-state index in [1.165, 1.54) is 17.3 Å². The Hall–Kier alpha value is -2.13. The van der Waals surface area contributed by atoms with E-state index in [0.717, 1.165) is 0 Å². The van der Waals surface area contributed by atoms with Crippen molar-refractivity contribution in [1.82, 2.24) is 4.31 Å². The molecular formula is C21H23Cl2N3O4S. The highest BCUT2D eigenvalue weighted by atomic mass is 35.5. The highest BCUT2D eigenvalue weighted by molar-refractivity contribution is 7.88. The average molecular weight is 484 g/mol. The summed E-state index contributed by atoms with van der Waals surface area (Å²) >= 11 is 12.0. The van der Waals surface area contributed by atoms with Gasteiger partial charge >= 0.3 is 0 Å². The predicted molar refractivity (Wildman–Crippen MR) is 123 cm³/mol. The summed E-state index contributed by atoms with van der Waals surface area (Å²) in [6.45, 7) is 1.89. The second-order valence-corrected chi connectivity index (χ2v) is 10.2. The number of benzene rings is 2. The van der Waals surface area contributed by atoms with E-state index in [0.29, 0.717) is 46.4 Å². The van der Waals surface area contributed by atoms with Crippen LogP contribution in [0.2, 0.25) is 10.0 Å². The van der Waals surface area contributed by atoms with Gasteiger partial charge in [-0.15, -0.1) is 0 Å². The number of hydrogen-bond donors (Lipinski definition) is 2. The fourth-order valence-electron chi connectivity index (χ4n) is 3.42. The molecule has 2 aromatic carbocycles. The van der Waals surface area contributed by atoms with Gasteiger partial charge in [-0.1, -0.05) is 29.3 Å². The summed E-state index contributed by atoms with van der Waals surface area (Å²) < 4.78 is 27.2. The topological polar surface area (TPSA) is 95.6 Å². The molecule has 1 heterocycles. The first-order valence-electron chi connectivity index (χ1n) is 9.74. The first kappa shape index (κ1) is 23.5. The molecule has 3 rings (SSSR count). The van der Waals surface area contributed by atoms with Crippen LogP contribution in [0, 0.1) is 5.92 Å². The number of anilines is 2. The van der Waals surface area contributed by atoms with E-state index >= 15 is 0 Å². The quantitative estimate of drug-likeness (QED) is 0.645. The van der Waals surface area contributed by atoms with Crippen LogP contribution in [0.5, 0.6) is 0 Å².